The van der Waals surface area contributed by atoms with Crippen LogP contribution in [0.25, 0.3) is 0 Å². The van der Waals surface area contributed by atoms with Crippen LogP contribution < -0.4 is 0 Å². The molecule has 2 aromatic carbocycles. The van der Waals surface area contributed by atoms with Crippen LogP contribution in [0.1, 0.15) is 22.8 Å². The number of halogens is 4. The van der Waals surface area contributed by atoms with Gasteiger partial charge in [-0.2, -0.15) is 13.2 Å². The van der Waals surface area contributed by atoms with Crippen molar-refractivity contribution in [2.24, 2.45) is 0 Å². The summed E-state index contributed by atoms with van der Waals surface area (Å²) in [5, 5.41) is 10.6. The van der Waals surface area contributed by atoms with E-state index in [1.54, 1.807) is 24.3 Å². The third-order valence-corrected chi connectivity index (χ3v) is 3.22. The van der Waals surface area contributed by atoms with Crippen molar-refractivity contribution in [3.8, 4) is 0 Å². The highest BCUT2D eigenvalue weighted by Crippen LogP contribution is 2.30. The fourth-order valence-electron chi connectivity index (χ4n) is 1.86. The van der Waals surface area contributed by atoms with Crippen LogP contribution in [-0.4, -0.2) is 5.11 Å². The van der Waals surface area contributed by atoms with Gasteiger partial charge >= 0.3 is 6.18 Å². The topological polar surface area (TPSA) is 20.2 Å². The molecule has 1 nitrogen and oxygen atoms in total. The fourth-order valence-corrected chi connectivity index (χ4v) is 1.98. The van der Waals surface area contributed by atoms with E-state index in [1.807, 2.05) is 0 Å². The molecule has 0 aromatic heterocycles. The van der Waals surface area contributed by atoms with Crippen molar-refractivity contribution in [1.82, 2.24) is 0 Å². The summed E-state index contributed by atoms with van der Waals surface area (Å²) in [6.45, 7) is 0. The van der Waals surface area contributed by atoms with Crippen LogP contribution in [0.3, 0.4) is 0 Å². The Morgan fingerprint density at radius 3 is 2.00 bits per heavy atom. The summed E-state index contributed by atoms with van der Waals surface area (Å²) in [4.78, 5) is 0. The average Bonchev–Trinajstić information content (AvgIpc) is 2.40. The predicted molar refractivity (Wildman–Crippen MR) is 71.6 cm³/mol. The first-order valence-corrected chi connectivity index (χ1v) is 6.34. The molecule has 0 saturated carbocycles. The number of alkyl halides is 3. The maximum atomic E-state index is 12.4. The standard InChI is InChI=1S/C15H12ClF3O/c16-13-7-1-10(2-8-13)9-14(20)11-3-5-12(6-4-11)15(17,18)19/h1-8,14,20H,9H2. The molecule has 0 amide bonds. The Morgan fingerprint density at radius 2 is 1.50 bits per heavy atom. The molecule has 0 spiro atoms. The van der Waals surface area contributed by atoms with E-state index in [4.69, 9.17) is 11.6 Å². The second-order valence-corrected chi connectivity index (χ2v) is 4.90. The lowest BCUT2D eigenvalue weighted by Crippen LogP contribution is -2.06. The smallest absolute Gasteiger partial charge is 0.388 e. The van der Waals surface area contributed by atoms with Crippen molar-refractivity contribution >= 4 is 11.6 Å². The summed E-state index contributed by atoms with van der Waals surface area (Å²) in [5.41, 5.74) is 0.592. The van der Waals surface area contributed by atoms with Crippen molar-refractivity contribution in [2.75, 3.05) is 0 Å². The summed E-state index contributed by atoms with van der Waals surface area (Å²) in [6, 6.07) is 11.5. The summed E-state index contributed by atoms with van der Waals surface area (Å²) >= 11 is 5.76. The molecule has 0 aliphatic rings. The zero-order chi connectivity index (χ0) is 14.8. The highest BCUT2D eigenvalue weighted by atomic mass is 35.5. The van der Waals surface area contributed by atoms with Crippen molar-refractivity contribution in [3.63, 3.8) is 0 Å². The molecule has 0 heterocycles. The number of benzene rings is 2. The fraction of sp³-hybridized carbons (Fsp3) is 0.200. The van der Waals surface area contributed by atoms with Gasteiger partial charge in [0.2, 0.25) is 0 Å². The maximum absolute atomic E-state index is 12.4. The highest BCUT2D eigenvalue weighted by molar-refractivity contribution is 6.30. The van der Waals surface area contributed by atoms with Crippen LogP contribution in [0, 0.1) is 0 Å². The average molecular weight is 301 g/mol. The van der Waals surface area contributed by atoms with Crippen LogP contribution in [0.15, 0.2) is 48.5 Å². The molecule has 0 aliphatic carbocycles. The van der Waals surface area contributed by atoms with Gasteiger partial charge in [0.1, 0.15) is 0 Å². The molecule has 2 rings (SSSR count). The zero-order valence-corrected chi connectivity index (χ0v) is 11.1. The van der Waals surface area contributed by atoms with Crippen LogP contribution >= 0.6 is 11.6 Å². The van der Waals surface area contributed by atoms with Crippen LogP contribution in [0.5, 0.6) is 0 Å². The minimum atomic E-state index is -4.36. The van der Waals surface area contributed by atoms with Crippen LogP contribution in [0.4, 0.5) is 13.2 Å². The monoisotopic (exact) mass is 300 g/mol. The molecule has 0 saturated heterocycles. The largest absolute Gasteiger partial charge is 0.416 e. The Labute approximate surface area is 119 Å². The van der Waals surface area contributed by atoms with Gasteiger partial charge < -0.3 is 5.11 Å². The molecule has 0 fully saturated rings. The third kappa shape index (κ3) is 3.74. The molecule has 106 valence electrons. The van der Waals surface area contributed by atoms with Crippen molar-refractivity contribution < 1.29 is 18.3 Å². The number of aliphatic hydroxyl groups is 1. The molecular weight excluding hydrogens is 289 g/mol. The molecular formula is C15H12ClF3O. The Kier molecular flexibility index (Phi) is 4.35. The van der Waals surface area contributed by atoms with E-state index in [0.29, 0.717) is 17.0 Å². The molecule has 0 radical (unpaired) electrons. The molecule has 1 unspecified atom stereocenters. The van der Waals surface area contributed by atoms with Crippen LogP contribution in [0.2, 0.25) is 5.02 Å². The normalized spacial score (nSPS) is 13.2. The van der Waals surface area contributed by atoms with E-state index in [1.165, 1.54) is 12.1 Å². The first kappa shape index (κ1) is 14.9. The molecule has 2 aromatic rings. The first-order chi connectivity index (χ1) is 9.36. The van der Waals surface area contributed by atoms with E-state index < -0.39 is 17.8 Å². The Morgan fingerprint density at radius 1 is 0.950 bits per heavy atom. The SMILES string of the molecule is OC(Cc1ccc(Cl)cc1)c1ccc(C(F)(F)F)cc1. The second kappa shape index (κ2) is 5.85. The first-order valence-electron chi connectivity index (χ1n) is 5.96. The van der Waals surface area contributed by atoms with Gasteiger partial charge in [0.25, 0.3) is 0 Å². The number of rotatable bonds is 3. The summed E-state index contributed by atoms with van der Waals surface area (Å²) in [7, 11) is 0. The molecule has 0 aliphatic heterocycles. The highest BCUT2D eigenvalue weighted by Gasteiger charge is 2.30. The van der Waals surface area contributed by atoms with Gasteiger partial charge in [-0.05, 0) is 35.4 Å². The van der Waals surface area contributed by atoms with Gasteiger partial charge in [0.15, 0.2) is 0 Å². The quantitative estimate of drug-likeness (QED) is 0.876. The van der Waals surface area contributed by atoms with E-state index in [0.717, 1.165) is 17.7 Å². The number of hydrogen-bond acceptors (Lipinski definition) is 1. The maximum Gasteiger partial charge on any atom is 0.416 e. The minimum absolute atomic E-state index is 0.322. The molecule has 1 atom stereocenters. The van der Waals surface area contributed by atoms with E-state index in [-0.39, 0.29) is 0 Å². The van der Waals surface area contributed by atoms with Gasteiger partial charge in [-0.3, -0.25) is 0 Å². The molecule has 0 bridgehead atoms. The van der Waals surface area contributed by atoms with E-state index >= 15 is 0 Å². The van der Waals surface area contributed by atoms with Crippen LogP contribution in [-0.2, 0) is 12.6 Å². The lowest BCUT2D eigenvalue weighted by molar-refractivity contribution is -0.137. The molecule has 20 heavy (non-hydrogen) atoms. The lowest BCUT2D eigenvalue weighted by Gasteiger charge is -2.13. The number of hydrogen-bond donors (Lipinski definition) is 1. The predicted octanol–water partition coefficient (Wildman–Crippen LogP) is 4.63. The lowest BCUT2D eigenvalue weighted by atomic mass is 10.0. The Bertz CT molecular complexity index is 561. The van der Waals surface area contributed by atoms with Gasteiger partial charge in [0, 0.05) is 11.4 Å². The van der Waals surface area contributed by atoms with Gasteiger partial charge in [-0.15, -0.1) is 0 Å². The van der Waals surface area contributed by atoms with Gasteiger partial charge in [0.05, 0.1) is 11.7 Å². The van der Waals surface area contributed by atoms with E-state index in [2.05, 4.69) is 0 Å². The summed E-state index contributed by atoms with van der Waals surface area (Å²) in [5.74, 6) is 0. The Hall–Kier alpha value is -1.52. The number of aliphatic hydroxyl groups excluding tert-OH is 1. The molecule has 5 heteroatoms. The van der Waals surface area contributed by atoms with Gasteiger partial charge in [-0.25, -0.2) is 0 Å². The van der Waals surface area contributed by atoms with Crippen molar-refractivity contribution in [1.29, 1.82) is 0 Å². The van der Waals surface area contributed by atoms with Crippen molar-refractivity contribution in [2.45, 2.75) is 18.7 Å². The summed E-state index contributed by atoms with van der Waals surface area (Å²) < 4.78 is 37.3. The van der Waals surface area contributed by atoms with E-state index in [9.17, 15) is 18.3 Å². The Balaban J connectivity index is 2.09. The minimum Gasteiger partial charge on any atom is -0.388 e. The second-order valence-electron chi connectivity index (χ2n) is 4.47. The van der Waals surface area contributed by atoms with Gasteiger partial charge in [-0.1, -0.05) is 35.9 Å². The third-order valence-electron chi connectivity index (χ3n) is 2.97. The molecule has 1 N–H and O–H groups in total. The summed E-state index contributed by atoms with van der Waals surface area (Å²) in [6.07, 6.45) is -4.89. The zero-order valence-electron chi connectivity index (χ0n) is 10.4. The van der Waals surface area contributed by atoms with Crippen molar-refractivity contribution in [3.05, 3.63) is 70.2 Å².